The Hall–Kier alpha value is -2.54. The molecule has 0 saturated heterocycles. The van der Waals surface area contributed by atoms with Crippen LogP contribution < -0.4 is 5.32 Å². The fourth-order valence-electron chi connectivity index (χ4n) is 2.61. The summed E-state index contributed by atoms with van der Waals surface area (Å²) >= 11 is 3.47. The number of rotatable bonds is 2. The summed E-state index contributed by atoms with van der Waals surface area (Å²) in [7, 11) is 0. The van der Waals surface area contributed by atoms with Crippen LogP contribution in [0.2, 0.25) is 0 Å². The maximum Gasteiger partial charge on any atom is 0.248 e. The monoisotopic (exact) mass is 371 g/mol. The Morgan fingerprint density at radius 1 is 1.13 bits per heavy atom. The van der Waals surface area contributed by atoms with Crippen LogP contribution in [0.3, 0.4) is 0 Å². The lowest BCUT2D eigenvalue weighted by atomic mass is 10.0. The molecule has 2 aromatic carbocycles. The molecule has 0 saturated carbocycles. The number of hydrogen-bond acceptors (Lipinski definition) is 4. The van der Waals surface area contributed by atoms with E-state index in [0.717, 1.165) is 21.3 Å². The van der Waals surface area contributed by atoms with Crippen molar-refractivity contribution in [3.05, 3.63) is 76.0 Å². The predicted octanol–water partition coefficient (Wildman–Crippen LogP) is 3.63. The van der Waals surface area contributed by atoms with Gasteiger partial charge in [-0.2, -0.15) is 4.68 Å². The molecular formula is C16H11BrFN5. The van der Waals surface area contributed by atoms with Crippen molar-refractivity contribution in [3.63, 3.8) is 0 Å². The van der Waals surface area contributed by atoms with Crippen LogP contribution >= 0.6 is 15.9 Å². The molecule has 1 aliphatic rings. The zero-order valence-electron chi connectivity index (χ0n) is 11.8. The lowest BCUT2D eigenvalue weighted by molar-refractivity contribution is 0.576. The molecule has 1 aliphatic heterocycles. The Balaban J connectivity index is 1.83. The summed E-state index contributed by atoms with van der Waals surface area (Å²) in [5, 5.41) is 14.9. The van der Waals surface area contributed by atoms with Crippen LogP contribution in [0.5, 0.6) is 0 Å². The summed E-state index contributed by atoms with van der Waals surface area (Å²) in [4.78, 5) is 0. The molecule has 0 radical (unpaired) electrons. The van der Waals surface area contributed by atoms with Gasteiger partial charge in [-0.05, 0) is 51.9 Å². The van der Waals surface area contributed by atoms with Crippen LogP contribution in [0.15, 0.2) is 59.1 Å². The normalized spacial score (nSPS) is 16.4. The van der Waals surface area contributed by atoms with Crippen LogP contribution in [0, 0.1) is 5.82 Å². The van der Waals surface area contributed by atoms with E-state index in [-0.39, 0.29) is 11.9 Å². The van der Waals surface area contributed by atoms with Crippen LogP contribution in [0.1, 0.15) is 17.2 Å². The number of nitrogens with one attached hydrogen (secondary N) is 1. The molecule has 4 rings (SSSR count). The van der Waals surface area contributed by atoms with E-state index in [9.17, 15) is 4.39 Å². The standard InChI is InChI=1S/C16H11BrFN5/c17-12-5-1-3-10(7-12)14-9-15(11-4-2-6-13(18)8-11)23-16(19-14)20-21-22-23/h1-9,15H,(H,19,20,22). The highest BCUT2D eigenvalue weighted by Crippen LogP contribution is 2.32. The van der Waals surface area contributed by atoms with Gasteiger partial charge in [-0.25, -0.2) is 4.39 Å². The van der Waals surface area contributed by atoms with Gasteiger partial charge in [-0.15, -0.1) is 0 Å². The average Bonchev–Trinajstić information content (AvgIpc) is 3.02. The maximum absolute atomic E-state index is 13.6. The number of hydrogen-bond donors (Lipinski definition) is 1. The fraction of sp³-hybridized carbons (Fsp3) is 0.0625. The highest BCUT2D eigenvalue weighted by molar-refractivity contribution is 9.10. The van der Waals surface area contributed by atoms with Crippen molar-refractivity contribution >= 4 is 27.6 Å². The first-order valence-electron chi connectivity index (χ1n) is 6.99. The number of tetrazole rings is 1. The summed E-state index contributed by atoms with van der Waals surface area (Å²) in [6, 6.07) is 14.1. The molecule has 3 aromatic rings. The second kappa shape index (κ2) is 5.58. The van der Waals surface area contributed by atoms with E-state index in [4.69, 9.17) is 0 Å². The van der Waals surface area contributed by atoms with E-state index in [1.54, 1.807) is 10.7 Å². The van der Waals surface area contributed by atoms with Crippen LogP contribution in [-0.2, 0) is 0 Å². The van der Waals surface area contributed by atoms with Gasteiger partial charge in [-0.1, -0.05) is 45.3 Å². The van der Waals surface area contributed by atoms with Gasteiger partial charge in [0.1, 0.15) is 11.9 Å². The minimum absolute atomic E-state index is 0.272. The number of allylic oxidation sites excluding steroid dienone is 1. The van der Waals surface area contributed by atoms with Gasteiger partial charge < -0.3 is 5.32 Å². The number of anilines is 1. The third-order valence-electron chi connectivity index (χ3n) is 3.65. The maximum atomic E-state index is 13.6. The van der Waals surface area contributed by atoms with Crippen molar-refractivity contribution in [1.29, 1.82) is 0 Å². The first-order valence-corrected chi connectivity index (χ1v) is 7.78. The number of fused-ring (bicyclic) bond motifs is 1. The average molecular weight is 372 g/mol. The third-order valence-corrected chi connectivity index (χ3v) is 4.15. The molecule has 0 aliphatic carbocycles. The molecule has 7 heteroatoms. The second-order valence-electron chi connectivity index (χ2n) is 5.16. The summed E-state index contributed by atoms with van der Waals surface area (Å²) in [6.45, 7) is 0. The van der Waals surface area contributed by atoms with E-state index in [1.165, 1.54) is 12.1 Å². The summed E-state index contributed by atoms with van der Waals surface area (Å²) in [5.41, 5.74) is 2.66. The molecule has 5 nitrogen and oxygen atoms in total. The molecule has 0 fully saturated rings. The Morgan fingerprint density at radius 2 is 2.00 bits per heavy atom. The molecule has 23 heavy (non-hydrogen) atoms. The molecule has 2 heterocycles. The molecular weight excluding hydrogens is 361 g/mol. The highest BCUT2D eigenvalue weighted by atomic mass is 79.9. The van der Waals surface area contributed by atoms with Crippen LogP contribution in [-0.4, -0.2) is 20.2 Å². The van der Waals surface area contributed by atoms with Crippen molar-refractivity contribution < 1.29 is 4.39 Å². The van der Waals surface area contributed by atoms with E-state index >= 15 is 0 Å². The molecule has 1 atom stereocenters. The molecule has 0 spiro atoms. The predicted molar refractivity (Wildman–Crippen MR) is 88.1 cm³/mol. The number of benzene rings is 2. The summed E-state index contributed by atoms with van der Waals surface area (Å²) in [5.74, 6) is 0.241. The van der Waals surface area contributed by atoms with E-state index in [2.05, 4.69) is 36.8 Å². The van der Waals surface area contributed by atoms with Crippen LogP contribution in [0.25, 0.3) is 5.70 Å². The number of halogens is 2. The quantitative estimate of drug-likeness (QED) is 0.747. The zero-order valence-corrected chi connectivity index (χ0v) is 13.4. The Labute approximate surface area is 140 Å². The number of aromatic nitrogens is 4. The van der Waals surface area contributed by atoms with Crippen LogP contribution in [0.4, 0.5) is 10.3 Å². The van der Waals surface area contributed by atoms with E-state index < -0.39 is 0 Å². The van der Waals surface area contributed by atoms with Gasteiger partial charge in [0.15, 0.2) is 0 Å². The zero-order chi connectivity index (χ0) is 15.8. The van der Waals surface area contributed by atoms with E-state index in [0.29, 0.717) is 5.95 Å². The minimum atomic E-state index is -0.284. The minimum Gasteiger partial charge on any atom is -0.323 e. The second-order valence-corrected chi connectivity index (χ2v) is 6.08. The number of nitrogens with zero attached hydrogens (tertiary/aromatic N) is 4. The van der Waals surface area contributed by atoms with Crippen molar-refractivity contribution in [2.45, 2.75) is 6.04 Å². The van der Waals surface area contributed by atoms with Crippen molar-refractivity contribution in [2.75, 3.05) is 5.32 Å². The Morgan fingerprint density at radius 3 is 2.83 bits per heavy atom. The molecule has 1 unspecified atom stereocenters. The fourth-order valence-corrected chi connectivity index (χ4v) is 3.01. The van der Waals surface area contributed by atoms with E-state index in [1.807, 2.05) is 36.4 Å². The third kappa shape index (κ3) is 2.63. The first-order chi connectivity index (χ1) is 11.2. The first kappa shape index (κ1) is 14.1. The SMILES string of the molecule is Fc1cccc(C2C=C(c3cccc(Br)c3)Nc3nnnn32)c1. The Kier molecular flexibility index (Phi) is 3.42. The Bertz CT molecular complexity index is 905. The van der Waals surface area contributed by atoms with Gasteiger partial charge in [0.25, 0.3) is 0 Å². The van der Waals surface area contributed by atoms with Gasteiger partial charge in [0.05, 0.1) is 0 Å². The van der Waals surface area contributed by atoms with Gasteiger partial charge in [0.2, 0.25) is 5.95 Å². The lowest BCUT2D eigenvalue weighted by Crippen LogP contribution is -2.20. The summed E-state index contributed by atoms with van der Waals surface area (Å²) in [6.07, 6.45) is 1.99. The highest BCUT2D eigenvalue weighted by Gasteiger charge is 2.24. The van der Waals surface area contributed by atoms with Gasteiger partial charge >= 0.3 is 0 Å². The van der Waals surface area contributed by atoms with Gasteiger partial charge in [0, 0.05) is 10.2 Å². The molecule has 1 N–H and O–H groups in total. The topological polar surface area (TPSA) is 55.6 Å². The van der Waals surface area contributed by atoms with Gasteiger partial charge in [-0.3, -0.25) is 0 Å². The smallest absolute Gasteiger partial charge is 0.248 e. The molecule has 1 aromatic heterocycles. The van der Waals surface area contributed by atoms with Crippen molar-refractivity contribution in [2.24, 2.45) is 0 Å². The van der Waals surface area contributed by atoms with Crippen molar-refractivity contribution in [1.82, 2.24) is 20.2 Å². The molecule has 0 amide bonds. The molecule has 114 valence electrons. The lowest BCUT2D eigenvalue weighted by Gasteiger charge is -2.23. The molecule has 0 bridgehead atoms. The summed E-state index contributed by atoms with van der Waals surface area (Å²) < 4.78 is 16.2. The van der Waals surface area contributed by atoms with Crippen molar-refractivity contribution in [3.8, 4) is 0 Å². The largest absolute Gasteiger partial charge is 0.323 e.